The highest BCUT2D eigenvalue weighted by molar-refractivity contribution is 9.11. The molecule has 0 aliphatic carbocycles. The Hall–Kier alpha value is -8.56. The number of piperidine rings is 1. The number of pyridine rings is 4. The zero-order valence-electron chi connectivity index (χ0n) is 57.3. The largest absolute Gasteiger partial charge is 0.481 e. The van der Waals surface area contributed by atoms with Gasteiger partial charge in [0.2, 0.25) is 23.7 Å². The summed E-state index contributed by atoms with van der Waals surface area (Å²) in [6.07, 6.45) is 20.4. The van der Waals surface area contributed by atoms with Crippen LogP contribution in [0, 0.1) is 24.7 Å². The number of methoxy groups -OCH3 is 1. The molecule has 8 aromatic heterocycles. The second-order valence-corrected chi connectivity index (χ2v) is 25.7. The van der Waals surface area contributed by atoms with Crippen LogP contribution >= 0.6 is 47.8 Å². The summed E-state index contributed by atoms with van der Waals surface area (Å²) in [5.74, 6) is 15.5. The zero-order valence-corrected chi connectivity index (χ0v) is 62.1. The highest BCUT2D eigenvalue weighted by atomic mass is 79.9. The third-order valence-electron chi connectivity index (χ3n) is 14.0. The molecule has 0 unspecified atom stereocenters. The molecule has 26 nitrogen and oxygen atoms in total. The van der Waals surface area contributed by atoms with E-state index in [0.29, 0.717) is 91.6 Å². The number of unbranched alkanes of at least 4 members (excludes halogenated alkanes) is 1. The summed E-state index contributed by atoms with van der Waals surface area (Å²) in [4.78, 5) is 52.6. The molecule has 97 heavy (non-hydrogen) atoms. The van der Waals surface area contributed by atoms with Crippen molar-refractivity contribution < 1.29 is 28.4 Å². The van der Waals surface area contributed by atoms with Crippen LogP contribution in [-0.2, 0) is 4.74 Å². The average Bonchev–Trinajstić information content (AvgIpc) is 0.874. The third kappa shape index (κ3) is 26.1. The Balaban J connectivity index is 0.000000205. The molecule has 1 fully saturated rings. The van der Waals surface area contributed by atoms with Crippen LogP contribution in [0.2, 0.25) is 0 Å². The van der Waals surface area contributed by atoms with Gasteiger partial charge >= 0.3 is 0 Å². The Morgan fingerprint density at radius 2 is 0.948 bits per heavy atom. The average molecular weight is 1520 g/mol. The van der Waals surface area contributed by atoms with Gasteiger partial charge in [-0.05, 0) is 111 Å². The van der Waals surface area contributed by atoms with E-state index in [1.807, 2.05) is 44.4 Å². The van der Waals surface area contributed by atoms with Crippen molar-refractivity contribution in [2.24, 2.45) is 5.92 Å². The lowest BCUT2D eigenvalue weighted by Gasteiger charge is -2.26. The maximum Gasteiger partial charge on any atom is 0.222 e. The molecule has 11 N–H and O–H groups in total. The van der Waals surface area contributed by atoms with Crippen LogP contribution < -0.4 is 62.6 Å². The van der Waals surface area contributed by atoms with Crippen molar-refractivity contribution in [1.29, 1.82) is 0 Å². The quantitative estimate of drug-likeness (QED) is 0.0150. The molecule has 520 valence electrons. The minimum atomic E-state index is 0.185. The molecule has 0 bridgehead atoms. The van der Waals surface area contributed by atoms with Crippen LogP contribution in [0.1, 0.15) is 154 Å². The number of halogens is 3. The van der Waals surface area contributed by atoms with Gasteiger partial charge in [0.05, 0.1) is 50.3 Å². The van der Waals surface area contributed by atoms with E-state index in [0.717, 1.165) is 78.3 Å². The number of hydrogen-bond donors (Lipinski definition) is 7. The topological polar surface area (TPSA) is 353 Å². The lowest BCUT2D eigenvalue weighted by molar-refractivity contribution is 0.144. The first-order valence-electron chi connectivity index (χ1n) is 32.3. The number of nitrogens with two attached hydrogens (primary N) is 4. The Morgan fingerprint density at radius 3 is 1.38 bits per heavy atom. The van der Waals surface area contributed by atoms with E-state index in [-0.39, 0.29) is 47.3 Å². The minimum Gasteiger partial charge on any atom is -0.481 e. The summed E-state index contributed by atoms with van der Waals surface area (Å²) in [7, 11) is 1.54. The highest BCUT2D eigenvalue weighted by Gasteiger charge is 2.19. The molecular weight excluding hydrogens is 1430 g/mol. The van der Waals surface area contributed by atoms with Gasteiger partial charge in [0.25, 0.3) is 0 Å². The van der Waals surface area contributed by atoms with Crippen molar-refractivity contribution in [3.63, 3.8) is 0 Å². The zero-order chi connectivity index (χ0) is 70.4. The van der Waals surface area contributed by atoms with Crippen molar-refractivity contribution in [3.05, 3.63) is 116 Å². The fourth-order valence-electron chi connectivity index (χ4n) is 8.94. The highest BCUT2D eigenvalue weighted by Crippen LogP contribution is 2.38. The normalized spacial score (nSPS) is 11.9. The third-order valence-corrected chi connectivity index (χ3v) is 15.3. The molecule has 8 aromatic rings. The lowest BCUT2D eigenvalue weighted by atomic mass is 10.1. The van der Waals surface area contributed by atoms with E-state index in [1.165, 1.54) is 45.7 Å². The predicted octanol–water partition coefficient (Wildman–Crippen LogP) is 14.9. The molecular formula is C68H91Br3N20O6. The van der Waals surface area contributed by atoms with Crippen LogP contribution in [-0.4, -0.2) is 124 Å². The van der Waals surface area contributed by atoms with Crippen molar-refractivity contribution in [2.45, 2.75) is 132 Å². The number of likely N-dealkylation sites (tertiary alicyclic amines) is 1. The van der Waals surface area contributed by atoms with Gasteiger partial charge in [-0.3, -0.25) is 0 Å². The second-order valence-electron chi connectivity index (χ2n) is 23.3. The van der Waals surface area contributed by atoms with E-state index in [1.54, 1.807) is 44.0 Å². The van der Waals surface area contributed by atoms with Gasteiger partial charge in [-0.1, -0.05) is 93.9 Å². The molecule has 9 heterocycles. The van der Waals surface area contributed by atoms with Gasteiger partial charge in [-0.25, -0.2) is 44.9 Å². The van der Waals surface area contributed by atoms with Crippen LogP contribution in [0.25, 0.3) is 0 Å². The predicted molar refractivity (Wildman–Crippen MR) is 393 cm³/mol. The smallest absolute Gasteiger partial charge is 0.222 e. The van der Waals surface area contributed by atoms with Crippen LogP contribution in [0.3, 0.4) is 0 Å². The Bertz CT molecular complexity index is 3840. The molecule has 0 aromatic carbocycles. The fraction of sp³-hybridized carbons (Fsp3) is 0.441. The molecule has 1 aliphatic heterocycles. The number of ether oxygens (including phenoxy) is 6. The minimum absolute atomic E-state index is 0.185. The Morgan fingerprint density at radius 1 is 0.495 bits per heavy atom. The van der Waals surface area contributed by atoms with Gasteiger partial charge < -0.3 is 72.2 Å². The number of aryl methyl sites for hydroxylation is 1. The second kappa shape index (κ2) is 40.2. The summed E-state index contributed by atoms with van der Waals surface area (Å²) in [5.41, 5.74) is 26.7. The van der Waals surface area contributed by atoms with Gasteiger partial charge in [0.15, 0.2) is 46.3 Å². The summed E-state index contributed by atoms with van der Waals surface area (Å²) in [5, 5.41) is 9.80. The van der Waals surface area contributed by atoms with E-state index >= 15 is 0 Å². The van der Waals surface area contributed by atoms with Crippen LogP contribution in [0.5, 0.6) is 51.9 Å². The molecule has 1 aliphatic rings. The van der Waals surface area contributed by atoms with E-state index in [4.69, 9.17) is 51.4 Å². The molecule has 9 rings (SSSR count). The standard InChI is InChI=1S/C19H27BrN6O.C17H24BrN5O2.C16H22BrN5O.C16H18N4O2/c1-13(2)14-11-23-17(20)10-15(14)27-16-12-24-19(21)25-18(16)22-6-9-26-7-4-3-5-8-26;1-4-6-24-7-5-20-16-14(10-22-17(19)23-16)25-13-8-15(18)21-9-12(13)11(2)3;1-4-5-6-19-15-13(9-21-16(18)22-15)23-12-7-14(17)20-8-11(12)10(2)3;1-10(2)5-6-12-8-19-15(21-4)7-13(12)22-14-9-18-11(3)20-16(14)17/h10-13H,3-9H2,1-2H3,(H3,21,22,24,25);8-11H,4-7H2,1-3H3,(H3,19,20,22,23);7-10H,4-6H2,1-3H3,(H3,18,19,21,22);7-10H,1-4H3,(H2,17,18,20). The lowest BCUT2D eigenvalue weighted by Crippen LogP contribution is -2.33. The fourth-order valence-corrected chi connectivity index (χ4v) is 9.87. The van der Waals surface area contributed by atoms with E-state index in [9.17, 15) is 0 Å². The first kappa shape index (κ1) is 77.4. The maximum absolute atomic E-state index is 6.15. The first-order chi connectivity index (χ1) is 46.5. The van der Waals surface area contributed by atoms with E-state index in [2.05, 4.69) is 196 Å². The van der Waals surface area contributed by atoms with Crippen molar-refractivity contribution in [2.75, 3.05) is 98.5 Å². The number of rotatable bonds is 26. The molecule has 0 radical (unpaired) electrons. The number of nitrogens with zero attached hydrogens (tertiary/aromatic N) is 13. The molecule has 0 atom stereocenters. The van der Waals surface area contributed by atoms with Gasteiger partial charge in [0.1, 0.15) is 42.6 Å². The van der Waals surface area contributed by atoms with Crippen LogP contribution in [0.4, 0.5) is 41.1 Å². The molecule has 0 spiro atoms. The van der Waals surface area contributed by atoms with Gasteiger partial charge in [-0.15, -0.1) is 0 Å². The van der Waals surface area contributed by atoms with Gasteiger partial charge in [0, 0.05) is 98.3 Å². The Labute approximate surface area is 594 Å². The summed E-state index contributed by atoms with van der Waals surface area (Å²) < 4.78 is 36.8. The summed E-state index contributed by atoms with van der Waals surface area (Å²) >= 11 is 10.2. The number of aromatic nitrogens is 12. The maximum atomic E-state index is 6.15. The van der Waals surface area contributed by atoms with Crippen molar-refractivity contribution >= 4 is 88.9 Å². The number of nitrogen functional groups attached to an aromatic ring is 4. The molecule has 0 amide bonds. The Kier molecular flexibility index (Phi) is 32.1. The number of hydrogen-bond acceptors (Lipinski definition) is 26. The van der Waals surface area contributed by atoms with Crippen molar-refractivity contribution in [1.82, 2.24) is 64.7 Å². The molecule has 1 saturated heterocycles. The van der Waals surface area contributed by atoms with E-state index < -0.39 is 0 Å². The molecule has 29 heteroatoms. The van der Waals surface area contributed by atoms with Gasteiger partial charge in [-0.2, -0.15) is 15.0 Å². The SMILES string of the molecule is CC(C)c1cnc(Br)cc1Oc1cnc(N)nc1NCCN1CCCCC1.CCCCNc1nc(N)ncc1Oc1cc(Br)ncc1C(C)C.CCCOCCNc1nc(N)ncc1Oc1cc(Br)ncc1C(C)C.COc1cc(Oc2cnc(C)nc2N)c(C#CC(C)C)cn1. The van der Waals surface area contributed by atoms with Crippen molar-refractivity contribution in [3.8, 4) is 63.7 Å². The monoisotopic (exact) mass is 1520 g/mol. The number of anilines is 7. The number of nitrogens with one attached hydrogen (secondary N) is 3. The molecule has 0 saturated carbocycles. The summed E-state index contributed by atoms with van der Waals surface area (Å²) in [6.45, 7) is 29.4. The van der Waals surface area contributed by atoms with Crippen LogP contribution in [0.15, 0.2) is 87.6 Å². The summed E-state index contributed by atoms with van der Waals surface area (Å²) in [6, 6.07) is 7.20. The first-order valence-corrected chi connectivity index (χ1v) is 34.6.